The van der Waals surface area contributed by atoms with Crippen molar-refractivity contribution < 1.29 is 18.4 Å². The third kappa shape index (κ3) is 4.14. The van der Waals surface area contributed by atoms with E-state index >= 15 is 0 Å². The molecule has 0 saturated heterocycles. The molecule has 0 saturated carbocycles. The summed E-state index contributed by atoms with van der Waals surface area (Å²) in [6.07, 6.45) is 1.95. The molecule has 0 radical (unpaired) electrons. The molecular formula is C14H10Cl2NO2Ru+. The van der Waals surface area contributed by atoms with E-state index in [0.717, 1.165) is 16.7 Å². The number of benzene rings is 2. The van der Waals surface area contributed by atoms with Crippen molar-refractivity contribution in [1.29, 1.82) is 0 Å². The van der Waals surface area contributed by atoms with Crippen LogP contribution in [-0.4, -0.2) is 9.53 Å². The van der Waals surface area contributed by atoms with Crippen LogP contribution in [0, 0.1) is 16.5 Å². The number of nitro benzene ring substituents is 1. The van der Waals surface area contributed by atoms with E-state index in [-0.39, 0.29) is 5.69 Å². The molecule has 0 atom stereocenters. The summed E-state index contributed by atoms with van der Waals surface area (Å²) in [5.41, 5.74) is 2.94. The summed E-state index contributed by atoms with van der Waals surface area (Å²) in [5, 5.41) is 10.6. The average molecular weight is 396 g/mol. The molecule has 2 rings (SSSR count). The fraction of sp³-hybridized carbons (Fsp3) is 0. The second-order valence-electron chi connectivity index (χ2n) is 3.93. The van der Waals surface area contributed by atoms with Crippen LogP contribution in [0.1, 0.15) is 16.7 Å². The first kappa shape index (κ1) is 15.2. The zero-order valence-electron chi connectivity index (χ0n) is 10.1. The van der Waals surface area contributed by atoms with Gasteiger partial charge in [0.15, 0.2) is 0 Å². The Balaban J connectivity index is 2.26. The maximum atomic E-state index is 10.6. The van der Waals surface area contributed by atoms with Crippen LogP contribution in [0.25, 0.3) is 0 Å². The molecular weight excluding hydrogens is 386 g/mol. The predicted molar refractivity (Wildman–Crippen MR) is 78.9 cm³/mol. The Bertz CT molecular complexity index is 652. The van der Waals surface area contributed by atoms with Crippen LogP contribution in [0.3, 0.4) is 0 Å². The summed E-state index contributed by atoms with van der Waals surface area (Å²) in [7, 11) is 11.8. The van der Waals surface area contributed by atoms with Crippen molar-refractivity contribution in [2.24, 2.45) is 0 Å². The zero-order valence-corrected chi connectivity index (χ0v) is 13.4. The Morgan fingerprint density at radius 1 is 1.10 bits per heavy atom. The van der Waals surface area contributed by atoms with E-state index in [4.69, 9.17) is 19.4 Å². The number of nitrogens with zero attached hydrogens (tertiary/aromatic N) is 1. The monoisotopic (exact) mass is 396 g/mol. The quantitative estimate of drug-likeness (QED) is 0.335. The third-order valence-corrected chi connectivity index (χ3v) is 4.44. The molecule has 104 valence electrons. The van der Waals surface area contributed by atoms with Gasteiger partial charge in [0.1, 0.15) is 0 Å². The molecule has 0 unspecified atom stereocenters. The van der Waals surface area contributed by atoms with Gasteiger partial charge in [-0.2, -0.15) is 0 Å². The number of hydrogen-bond acceptors (Lipinski definition) is 2. The number of non-ortho nitro benzene ring substituents is 1. The van der Waals surface area contributed by atoms with Crippen molar-refractivity contribution in [3.05, 3.63) is 81.8 Å². The Hall–Kier alpha value is -1.22. The Morgan fingerprint density at radius 3 is 2.35 bits per heavy atom. The fourth-order valence-corrected chi connectivity index (χ4v) is 3.54. The van der Waals surface area contributed by atoms with Crippen LogP contribution >= 0.6 is 19.4 Å². The molecule has 0 heterocycles. The van der Waals surface area contributed by atoms with Gasteiger partial charge in [-0.15, -0.1) is 0 Å². The molecule has 0 fully saturated rings. The SMILES string of the molecule is O=[N+]([O-])c1ccc([CH+]c2ccccc2[CH]=[Ru]([Cl])[Cl])cc1. The summed E-state index contributed by atoms with van der Waals surface area (Å²) in [6, 6.07) is 14.1. The molecule has 0 aliphatic heterocycles. The second kappa shape index (κ2) is 6.98. The van der Waals surface area contributed by atoms with Gasteiger partial charge < -0.3 is 0 Å². The number of halogens is 2. The van der Waals surface area contributed by atoms with Gasteiger partial charge in [0, 0.05) is 0 Å². The van der Waals surface area contributed by atoms with Gasteiger partial charge in [-0.05, 0) is 0 Å². The van der Waals surface area contributed by atoms with Crippen LogP contribution in [0.15, 0.2) is 48.5 Å². The molecule has 0 N–H and O–H groups in total. The van der Waals surface area contributed by atoms with E-state index in [2.05, 4.69) is 0 Å². The Morgan fingerprint density at radius 2 is 1.75 bits per heavy atom. The molecule has 0 aliphatic carbocycles. The zero-order chi connectivity index (χ0) is 14.5. The van der Waals surface area contributed by atoms with Crippen LogP contribution in [0.2, 0.25) is 0 Å². The second-order valence-corrected chi connectivity index (χ2v) is 9.65. The van der Waals surface area contributed by atoms with Crippen LogP contribution < -0.4 is 0 Å². The van der Waals surface area contributed by atoms with E-state index < -0.39 is 18.4 Å². The third-order valence-electron chi connectivity index (χ3n) is 2.61. The van der Waals surface area contributed by atoms with Crippen LogP contribution in [0.4, 0.5) is 5.69 Å². The van der Waals surface area contributed by atoms with Gasteiger partial charge in [0.25, 0.3) is 0 Å². The standard InChI is InChI=1S/C14H10NO2.2ClH.Ru/c1-11-4-2-3-5-13(11)10-12-6-8-14(9-7-12)15(16)17;;;/h1-10H;2*1H;/q+1;;;+2/p-2. The average Bonchev–Trinajstić information content (AvgIpc) is 2.41. The van der Waals surface area contributed by atoms with Crippen molar-refractivity contribution in [2.75, 3.05) is 0 Å². The first-order chi connectivity index (χ1) is 9.56. The summed E-state index contributed by atoms with van der Waals surface area (Å²) >= 11 is -1.88. The molecule has 2 aromatic carbocycles. The number of rotatable bonds is 4. The topological polar surface area (TPSA) is 43.1 Å². The van der Waals surface area contributed by atoms with Crippen LogP contribution in [0.5, 0.6) is 0 Å². The van der Waals surface area contributed by atoms with E-state index in [1.165, 1.54) is 12.1 Å². The molecule has 0 bridgehead atoms. The first-order valence-electron chi connectivity index (χ1n) is 5.57. The van der Waals surface area contributed by atoms with Crippen molar-refractivity contribution >= 4 is 29.7 Å². The van der Waals surface area contributed by atoms with Crippen molar-refractivity contribution in [1.82, 2.24) is 0 Å². The van der Waals surface area contributed by atoms with Gasteiger partial charge >= 0.3 is 130 Å². The fourth-order valence-electron chi connectivity index (χ4n) is 1.69. The molecule has 0 aliphatic rings. The van der Waals surface area contributed by atoms with Crippen molar-refractivity contribution in [3.8, 4) is 0 Å². The van der Waals surface area contributed by atoms with E-state index in [1.54, 1.807) is 12.1 Å². The van der Waals surface area contributed by atoms with Gasteiger partial charge in [-0.1, -0.05) is 0 Å². The van der Waals surface area contributed by atoms with Gasteiger partial charge in [-0.25, -0.2) is 0 Å². The van der Waals surface area contributed by atoms with E-state index in [9.17, 15) is 10.1 Å². The van der Waals surface area contributed by atoms with Gasteiger partial charge in [-0.3, -0.25) is 0 Å². The van der Waals surface area contributed by atoms with Crippen molar-refractivity contribution in [2.45, 2.75) is 0 Å². The number of hydrogen-bond donors (Lipinski definition) is 0. The molecule has 6 heteroatoms. The molecule has 0 aromatic heterocycles. The summed E-state index contributed by atoms with van der Waals surface area (Å²) in [4.78, 5) is 10.2. The molecule has 3 nitrogen and oxygen atoms in total. The minimum absolute atomic E-state index is 0.0798. The molecule has 0 spiro atoms. The number of nitro groups is 1. The Kier molecular flexibility index (Phi) is 5.30. The van der Waals surface area contributed by atoms with E-state index in [1.807, 2.05) is 35.3 Å². The summed E-state index contributed by atoms with van der Waals surface area (Å²) < 4.78 is 1.88. The van der Waals surface area contributed by atoms with Crippen LogP contribution in [-0.2, 0) is 13.5 Å². The molecule has 0 amide bonds. The predicted octanol–water partition coefficient (Wildman–Crippen LogP) is 4.27. The minimum atomic E-state index is -1.88. The normalized spacial score (nSPS) is 10.8. The van der Waals surface area contributed by atoms with E-state index in [0.29, 0.717) is 0 Å². The molecule has 2 aromatic rings. The Labute approximate surface area is 129 Å². The summed E-state index contributed by atoms with van der Waals surface area (Å²) in [6.45, 7) is 0. The van der Waals surface area contributed by atoms with Crippen molar-refractivity contribution in [3.63, 3.8) is 0 Å². The maximum absolute atomic E-state index is 10.6. The van der Waals surface area contributed by atoms with Gasteiger partial charge in [0.2, 0.25) is 0 Å². The van der Waals surface area contributed by atoms with Gasteiger partial charge in [0.05, 0.1) is 0 Å². The molecule has 20 heavy (non-hydrogen) atoms. The summed E-state index contributed by atoms with van der Waals surface area (Å²) in [5.74, 6) is 0. The first-order valence-corrected chi connectivity index (χ1v) is 11.1.